The van der Waals surface area contributed by atoms with Crippen LogP contribution >= 0.6 is 0 Å². The molecule has 0 spiro atoms. The van der Waals surface area contributed by atoms with E-state index < -0.39 is 24.7 Å². The molecule has 0 radical (unpaired) electrons. The van der Waals surface area contributed by atoms with Crippen LogP contribution in [0.4, 0.5) is 13.2 Å². The Hall–Kier alpha value is -2.88. The highest BCUT2D eigenvalue weighted by Gasteiger charge is 2.34. The first-order chi connectivity index (χ1) is 14.1. The van der Waals surface area contributed by atoms with Gasteiger partial charge in [0.1, 0.15) is 12.6 Å². The summed E-state index contributed by atoms with van der Waals surface area (Å²) in [5.41, 5.74) is 7.47. The van der Waals surface area contributed by atoms with Crippen molar-refractivity contribution in [2.24, 2.45) is 16.6 Å². The Morgan fingerprint density at radius 2 is 1.87 bits per heavy atom. The Morgan fingerprint density at radius 1 is 1.23 bits per heavy atom. The van der Waals surface area contributed by atoms with Crippen molar-refractivity contribution in [1.29, 1.82) is 0 Å². The van der Waals surface area contributed by atoms with Gasteiger partial charge in [-0.3, -0.25) is 14.9 Å². The first-order valence-corrected chi connectivity index (χ1v) is 9.48. The molecule has 3 rings (SSSR count). The van der Waals surface area contributed by atoms with Crippen LogP contribution in [0.1, 0.15) is 30.9 Å². The van der Waals surface area contributed by atoms with Crippen LogP contribution < -0.4 is 11.1 Å². The van der Waals surface area contributed by atoms with E-state index in [9.17, 15) is 22.8 Å². The third-order valence-electron chi connectivity index (χ3n) is 4.67. The molecule has 1 aliphatic carbocycles. The first-order valence-electron chi connectivity index (χ1n) is 9.48. The first kappa shape index (κ1) is 21.8. The lowest BCUT2D eigenvalue weighted by molar-refractivity contribution is -0.176. The normalized spacial score (nSPS) is 19.2. The average Bonchev–Trinajstić information content (AvgIpc) is 3.49. The number of carbonyl (C=O) groups is 2. The lowest BCUT2D eigenvalue weighted by Crippen LogP contribution is -2.54. The number of aliphatic imine (C=N–C) groups is 1. The molecule has 1 aliphatic heterocycles. The van der Waals surface area contributed by atoms with Crippen molar-refractivity contribution >= 4 is 17.8 Å². The molecule has 1 aromatic rings. The molecule has 7 nitrogen and oxygen atoms in total. The highest BCUT2D eigenvalue weighted by molar-refractivity contribution is 6.01. The Balaban J connectivity index is 1.70. The number of nitrogens with one attached hydrogen (secondary N) is 1. The van der Waals surface area contributed by atoms with Gasteiger partial charge in [-0.25, -0.2) is 4.99 Å². The Morgan fingerprint density at radius 3 is 2.43 bits per heavy atom. The number of hydrogen-bond acceptors (Lipinski definition) is 5. The van der Waals surface area contributed by atoms with E-state index in [0.717, 1.165) is 18.4 Å². The van der Waals surface area contributed by atoms with Gasteiger partial charge >= 0.3 is 6.18 Å². The molecule has 1 aromatic carbocycles. The number of alkyl halides is 3. The molecule has 0 bridgehead atoms. The molecule has 1 fully saturated rings. The summed E-state index contributed by atoms with van der Waals surface area (Å²) in [6.07, 6.45) is -1.10. The zero-order chi connectivity index (χ0) is 21.9. The lowest BCUT2D eigenvalue weighted by Gasteiger charge is -2.33. The summed E-state index contributed by atoms with van der Waals surface area (Å²) in [6, 6.07) is 5.95. The summed E-state index contributed by atoms with van der Waals surface area (Å²) in [5.74, 6) is -0.509. The molecule has 162 valence electrons. The van der Waals surface area contributed by atoms with E-state index in [0.29, 0.717) is 11.3 Å². The topological polar surface area (TPSA) is 97.0 Å². The maximum Gasteiger partial charge on any atom is 0.411 e. The number of halogens is 3. The quantitative estimate of drug-likeness (QED) is 0.702. The molecule has 1 atom stereocenters. The summed E-state index contributed by atoms with van der Waals surface area (Å²) in [4.78, 5) is 30.2. The maximum atomic E-state index is 12.2. The molecule has 3 N–H and O–H groups in total. The van der Waals surface area contributed by atoms with Gasteiger partial charge in [-0.1, -0.05) is 24.3 Å². The standard InChI is InChI=1S/C20H23F3N4O3/c1-12-8-16(17(24)28)27(19(25-12)26-18(29)15-6-7-15)9-13-2-4-14(5-3-13)10-30-11-20(21,22)23/h2-5,8,15-16H,6-7,9-11H2,1H3,(H2,24,28)(H,25,26,29). The van der Waals surface area contributed by atoms with E-state index >= 15 is 0 Å². The van der Waals surface area contributed by atoms with E-state index in [4.69, 9.17) is 5.73 Å². The third-order valence-corrected chi connectivity index (χ3v) is 4.67. The minimum Gasteiger partial charge on any atom is -0.368 e. The van der Waals surface area contributed by atoms with Crippen molar-refractivity contribution in [3.63, 3.8) is 0 Å². The third kappa shape index (κ3) is 6.06. The number of carbonyl (C=O) groups excluding carboxylic acids is 2. The number of allylic oxidation sites excluding steroid dienone is 1. The van der Waals surface area contributed by atoms with Crippen LogP contribution in [0.15, 0.2) is 41.0 Å². The number of ether oxygens (including phenoxy) is 1. The van der Waals surface area contributed by atoms with Gasteiger partial charge in [-0.05, 0) is 37.0 Å². The zero-order valence-electron chi connectivity index (χ0n) is 16.4. The van der Waals surface area contributed by atoms with Gasteiger partial charge in [-0.2, -0.15) is 13.2 Å². The van der Waals surface area contributed by atoms with Crippen molar-refractivity contribution in [3.05, 3.63) is 47.2 Å². The molecule has 1 heterocycles. The fourth-order valence-corrected chi connectivity index (χ4v) is 3.01. The second kappa shape index (κ2) is 8.86. The number of hydrogen-bond donors (Lipinski definition) is 2. The van der Waals surface area contributed by atoms with Crippen molar-refractivity contribution in [2.75, 3.05) is 6.61 Å². The van der Waals surface area contributed by atoms with Crippen LogP contribution in [-0.4, -0.2) is 41.5 Å². The predicted molar refractivity (Wildman–Crippen MR) is 103 cm³/mol. The summed E-state index contributed by atoms with van der Waals surface area (Å²) in [6.45, 7) is 0.464. The van der Waals surface area contributed by atoms with Gasteiger partial charge < -0.3 is 15.4 Å². The molecular weight excluding hydrogens is 401 g/mol. The summed E-state index contributed by atoms with van der Waals surface area (Å²) >= 11 is 0. The van der Waals surface area contributed by atoms with Crippen LogP contribution in [0, 0.1) is 5.92 Å². The van der Waals surface area contributed by atoms with Gasteiger partial charge in [0.25, 0.3) is 0 Å². The number of rotatable bonds is 7. The molecule has 1 saturated carbocycles. The summed E-state index contributed by atoms with van der Waals surface area (Å²) in [5, 5.41) is 2.78. The van der Waals surface area contributed by atoms with E-state index in [1.54, 1.807) is 42.2 Å². The Labute approximate surface area is 171 Å². The van der Waals surface area contributed by atoms with Gasteiger partial charge in [-0.15, -0.1) is 0 Å². The van der Waals surface area contributed by atoms with Crippen molar-refractivity contribution in [3.8, 4) is 0 Å². The van der Waals surface area contributed by atoms with Gasteiger partial charge in [0.05, 0.1) is 6.61 Å². The molecule has 2 amide bonds. The number of benzene rings is 1. The van der Waals surface area contributed by atoms with E-state index in [2.05, 4.69) is 15.0 Å². The molecule has 1 unspecified atom stereocenters. The van der Waals surface area contributed by atoms with Crippen molar-refractivity contribution < 1.29 is 27.5 Å². The van der Waals surface area contributed by atoms with Gasteiger partial charge in [0, 0.05) is 18.2 Å². The minimum absolute atomic E-state index is 0.0382. The molecule has 0 aromatic heterocycles. The highest BCUT2D eigenvalue weighted by Crippen LogP contribution is 2.29. The largest absolute Gasteiger partial charge is 0.411 e. The zero-order valence-corrected chi connectivity index (χ0v) is 16.4. The van der Waals surface area contributed by atoms with Gasteiger partial charge in [0.15, 0.2) is 0 Å². The Kier molecular flexibility index (Phi) is 6.45. The SMILES string of the molecule is CC1=CC(C(N)=O)N(Cc2ccc(COCC(F)(F)F)cc2)C(NC(=O)C2CC2)=N1. The molecule has 0 saturated heterocycles. The molecular formula is C20H23F3N4O3. The molecule has 2 aliphatic rings. The molecule has 10 heteroatoms. The second-order valence-corrected chi connectivity index (χ2v) is 7.41. The summed E-state index contributed by atoms with van der Waals surface area (Å²) < 4.78 is 41.2. The second-order valence-electron chi connectivity index (χ2n) is 7.41. The fourth-order valence-electron chi connectivity index (χ4n) is 3.01. The number of guanidine groups is 1. The number of nitrogens with two attached hydrogens (primary N) is 1. The van der Waals surface area contributed by atoms with Crippen molar-refractivity contribution in [2.45, 2.75) is 45.1 Å². The number of primary amides is 1. The average molecular weight is 424 g/mol. The smallest absolute Gasteiger partial charge is 0.368 e. The lowest BCUT2D eigenvalue weighted by atomic mass is 10.1. The Bertz CT molecular complexity index is 861. The van der Waals surface area contributed by atoms with Crippen molar-refractivity contribution in [1.82, 2.24) is 10.2 Å². The molecule has 30 heavy (non-hydrogen) atoms. The highest BCUT2D eigenvalue weighted by atomic mass is 19.4. The maximum absolute atomic E-state index is 12.2. The van der Waals surface area contributed by atoms with E-state index in [1.807, 2.05) is 0 Å². The van der Waals surface area contributed by atoms with Crippen LogP contribution in [0.25, 0.3) is 0 Å². The van der Waals surface area contributed by atoms with Crippen LogP contribution in [0.5, 0.6) is 0 Å². The van der Waals surface area contributed by atoms with Crippen LogP contribution in [0.2, 0.25) is 0 Å². The van der Waals surface area contributed by atoms with E-state index in [-0.39, 0.29) is 30.9 Å². The van der Waals surface area contributed by atoms with Crippen LogP contribution in [0.3, 0.4) is 0 Å². The minimum atomic E-state index is -4.37. The van der Waals surface area contributed by atoms with Crippen LogP contribution in [-0.2, 0) is 27.5 Å². The predicted octanol–water partition coefficient (Wildman–Crippen LogP) is 2.22. The summed E-state index contributed by atoms with van der Waals surface area (Å²) in [7, 11) is 0. The monoisotopic (exact) mass is 424 g/mol. The number of nitrogens with zero attached hydrogens (tertiary/aromatic N) is 2. The number of amides is 2. The van der Waals surface area contributed by atoms with E-state index in [1.165, 1.54) is 0 Å². The van der Waals surface area contributed by atoms with Gasteiger partial charge in [0.2, 0.25) is 17.8 Å². The fraction of sp³-hybridized carbons (Fsp3) is 0.450.